The predicted octanol–water partition coefficient (Wildman–Crippen LogP) is 4.10. The fourth-order valence-corrected chi connectivity index (χ4v) is 4.31. The molecular formula is C14H18Cl3N3OS2. The van der Waals surface area contributed by atoms with Crippen molar-refractivity contribution in [1.29, 1.82) is 0 Å². The van der Waals surface area contributed by atoms with E-state index in [-0.39, 0.29) is 36.8 Å². The summed E-state index contributed by atoms with van der Waals surface area (Å²) in [5.74, 6) is 0.357. The zero-order valence-corrected chi connectivity index (χ0v) is 16.4. The normalized spacial score (nSPS) is 20.3. The van der Waals surface area contributed by atoms with Crippen molar-refractivity contribution in [2.45, 2.75) is 19.4 Å². The van der Waals surface area contributed by atoms with Gasteiger partial charge >= 0.3 is 0 Å². The Morgan fingerprint density at radius 1 is 1.43 bits per heavy atom. The number of hydrogen-bond acceptors (Lipinski definition) is 5. The van der Waals surface area contributed by atoms with Gasteiger partial charge in [0.15, 0.2) is 0 Å². The molecule has 1 saturated heterocycles. The van der Waals surface area contributed by atoms with Gasteiger partial charge in [0, 0.05) is 11.4 Å². The van der Waals surface area contributed by atoms with Crippen LogP contribution in [0.5, 0.6) is 0 Å². The fourth-order valence-electron chi connectivity index (χ4n) is 2.39. The molecule has 3 heterocycles. The molecule has 2 N–H and O–H groups in total. The average Bonchev–Trinajstić information content (AvgIpc) is 3.10. The number of amides is 1. The molecule has 1 aliphatic rings. The SMILES string of the molecule is CC1CNCCC1NC(=O)c1csc(-c2ccc(Cl)s2)n1.Cl.Cl. The summed E-state index contributed by atoms with van der Waals surface area (Å²) in [5, 5.41) is 9.08. The number of nitrogens with zero attached hydrogens (tertiary/aromatic N) is 1. The van der Waals surface area contributed by atoms with E-state index in [1.807, 2.05) is 17.5 Å². The number of aromatic nitrogens is 1. The lowest BCUT2D eigenvalue weighted by atomic mass is 9.95. The molecule has 0 saturated carbocycles. The highest BCUT2D eigenvalue weighted by Crippen LogP contribution is 2.32. The van der Waals surface area contributed by atoms with Gasteiger partial charge < -0.3 is 10.6 Å². The third-order valence-electron chi connectivity index (χ3n) is 3.62. The maximum atomic E-state index is 12.3. The van der Waals surface area contributed by atoms with Crippen LogP contribution in [-0.2, 0) is 0 Å². The molecule has 2 unspecified atom stereocenters. The highest BCUT2D eigenvalue weighted by Gasteiger charge is 2.24. The molecule has 0 radical (unpaired) electrons. The second kappa shape index (κ2) is 9.20. The van der Waals surface area contributed by atoms with Gasteiger partial charge in [-0.15, -0.1) is 47.5 Å². The Labute approximate surface area is 160 Å². The van der Waals surface area contributed by atoms with Gasteiger partial charge in [0.25, 0.3) is 5.91 Å². The van der Waals surface area contributed by atoms with E-state index >= 15 is 0 Å². The molecule has 3 rings (SSSR count). The zero-order chi connectivity index (χ0) is 14.8. The van der Waals surface area contributed by atoms with Crippen molar-refractivity contribution in [2.75, 3.05) is 13.1 Å². The molecule has 0 spiro atoms. The molecule has 2 atom stereocenters. The molecule has 1 fully saturated rings. The number of thiophene rings is 1. The first kappa shape index (κ1) is 20.7. The van der Waals surface area contributed by atoms with E-state index in [0.29, 0.717) is 11.6 Å². The van der Waals surface area contributed by atoms with Gasteiger partial charge in [0.05, 0.1) is 9.21 Å². The third kappa shape index (κ3) is 5.05. The van der Waals surface area contributed by atoms with Crippen molar-refractivity contribution in [3.05, 3.63) is 27.5 Å². The number of halogens is 3. The number of nitrogens with one attached hydrogen (secondary N) is 2. The molecular weight excluding hydrogens is 397 g/mol. The van der Waals surface area contributed by atoms with E-state index < -0.39 is 0 Å². The van der Waals surface area contributed by atoms with Gasteiger partial charge in [0.1, 0.15) is 10.7 Å². The van der Waals surface area contributed by atoms with E-state index in [2.05, 4.69) is 22.5 Å². The van der Waals surface area contributed by atoms with Crippen molar-refractivity contribution in [1.82, 2.24) is 15.6 Å². The lowest BCUT2D eigenvalue weighted by Crippen LogP contribution is -2.48. The van der Waals surface area contributed by atoms with Crippen LogP contribution in [0.1, 0.15) is 23.8 Å². The number of hydrogen-bond donors (Lipinski definition) is 2. The highest BCUT2D eigenvalue weighted by atomic mass is 35.5. The van der Waals surface area contributed by atoms with Crippen LogP contribution in [-0.4, -0.2) is 30.0 Å². The molecule has 0 aliphatic carbocycles. The minimum atomic E-state index is -0.0843. The Morgan fingerprint density at radius 2 is 2.22 bits per heavy atom. The van der Waals surface area contributed by atoms with E-state index in [0.717, 1.165) is 33.7 Å². The first-order chi connectivity index (χ1) is 10.1. The smallest absolute Gasteiger partial charge is 0.271 e. The molecule has 0 bridgehead atoms. The zero-order valence-electron chi connectivity index (χ0n) is 12.4. The van der Waals surface area contributed by atoms with E-state index in [1.165, 1.54) is 22.7 Å². The summed E-state index contributed by atoms with van der Waals surface area (Å²) in [6, 6.07) is 4.00. The van der Waals surface area contributed by atoms with Crippen LogP contribution in [0.2, 0.25) is 4.34 Å². The van der Waals surface area contributed by atoms with Crippen LogP contribution in [0.15, 0.2) is 17.5 Å². The number of piperidine rings is 1. The van der Waals surface area contributed by atoms with Crippen LogP contribution in [0.3, 0.4) is 0 Å². The van der Waals surface area contributed by atoms with Gasteiger partial charge in [-0.3, -0.25) is 4.79 Å². The average molecular weight is 415 g/mol. The van der Waals surface area contributed by atoms with Crippen LogP contribution < -0.4 is 10.6 Å². The second-order valence-electron chi connectivity index (χ2n) is 5.19. The third-order valence-corrected chi connectivity index (χ3v) is 5.87. The van der Waals surface area contributed by atoms with Gasteiger partial charge in [-0.2, -0.15) is 0 Å². The summed E-state index contributed by atoms with van der Waals surface area (Å²) in [5.41, 5.74) is 0.491. The first-order valence-corrected chi connectivity index (χ1v) is 8.93. The summed E-state index contributed by atoms with van der Waals surface area (Å²) < 4.78 is 0.731. The topological polar surface area (TPSA) is 54.0 Å². The van der Waals surface area contributed by atoms with Gasteiger partial charge in [0.2, 0.25) is 0 Å². The van der Waals surface area contributed by atoms with Crippen LogP contribution in [0.4, 0.5) is 0 Å². The minimum absolute atomic E-state index is 0. The first-order valence-electron chi connectivity index (χ1n) is 6.86. The van der Waals surface area contributed by atoms with Crippen molar-refractivity contribution in [2.24, 2.45) is 5.92 Å². The molecule has 0 aromatic carbocycles. The van der Waals surface area contributed by atoms with Crippen LogP contribution in [0, 0.1) is 5.92 Å². The fraction of sp³-hybridized carbons (Fsp3) is 0.429. The van der Waals surface area contributed by atoms with Gasteiger partial charge in [-0.05, 0) is 37.6 Å². The monoisotopic (exact) mass is 413 g/mol. The number of carbonyl (C=O) groups excluding carboxylic acids is 1. The lowest BCUT2D eigenvalue weighted by molar-refractivity contribution is 0.0910. The number of thiazole rings is 1. The van der Waals surface area contributed by atoms with Gasteiger partial charge in [-0.1, -0.05) is 18.5 Å². The summed E-state index contributed by atoms with van der Waals surface area (Å²) >= 11 is 8.88. The second-order valence-corrected chi connectivity index (χ2v) is 7.76. The predicted molar refractivity (Wildman–Crippen MR) is 103 cm³/mol. The number of rotatable bonds is 3. The Balaban J connectivity index is 0.00000132. The maximum Gasteiger partial charge on any atom is 0.271 e. The largest absolute Gasteiger partial charge is 0.348 e. The Morgan fingerprint density at radius 3 is 2.87 bits per heavy atom. The molecule has 1 amide bonds. The van der Waals surface area contributed by atoms with Crippen molar-refractivity contribution in [3.63, 3.8) is 0 Å². The van der Waals surface area contributed by atoms with E-state index in [4.69, 9.17) is 11.6 Å². The Kier molecular flexibility index (Phi) is 8.27. The van der Waals surface area contributed by atoms with Gasteiger partial charge in [-0.25, -0.2) is 4.98 Å². The van der Waals surface area contributed by atoms with Crippen LogP contribution in [0.25, 0.3) is 9.88 Å². The Bertz CT molecular complexity index is 647. The molecule has 9 heteroatoms. The quantitative estimate of drug-likeness (QED) is 0.795. The number of carbonyl (C=O) groups is 1. The van der Waals surface area contributed by atoms with Crippen molar-refractivity contribution >= 4 is 65.0 Å². The minimum Gasteiger partial charge on any atom is -0.348 e. The summed E-state index contributed by atoms with van der Waals surface area (Å²) in [6.07, 6.45) is 0.963. The molecule has 2 aromatic rings. The molecule has 2 aromatic heterocycles. The summed E-state index contributed by atoms with van der Waals surface area (Å²) in [7, 11) is 0. The maximum absolute atomic E-state index is 12.3. The van der Waals surface area contributed by atoms with E-state index in [9.17, 15) is 4.79 Å². The van der Waals surface area contributed by atoms with E-state index in [1.54, 1.807) is 0 Å². The molecule has 1 aliphatic heterocycles. The van der Waals surface area contributed by atoms with Crippen molar-refractivity contribution < 1.29 is 4.79 Å². The Hall–Kier alpha value is -0.370. The molecule has 23 heavy (non-hydrogen) atoms. The summed E-state index contributed by atoms with van der Waals surface area (Å²) in [4.78, 5) is 17.7. The molecule has 4 nitrogen and oxygen atoms in total. The lowest BCUT2D eigenvalue weighted by Gasteiger charge is -2.29. The summed E-state index contributed by atoms with van der Waals surface area (Å²) in [6.45, 7) is 4.05. The highest BCUT2D eigenvalue weighted by molar-refractivity contribution is 7.23. The standard InChI is InChI=1S/C14H16ClN3OS2.2ClH/c1-8-6-16-5-4-9(8)17-13(19)10-7-20-14(18-10)11-2-3-12(15)21-11;;/h2-3,7-9,16H,4-6H2,1H3,(H,17,19);2*1H. The molecule has 128 valence electrons. The van der Waals surface area contributed by atoms with Crippen molar-refractivity contribution in [3.8, 4) is 9.88 Å². The van der Waals surface area contributed by atoms with Crippen LogP contribution >= 0.6 is 59.1 Å².